The fourth-order valence-corrected chi connectivity index (χ4v) is 3.65. The van der Waals surface area contributed by atoms with Crippen LogP contribution in [0.15, 0.2) is 18.2 Å². The van der Waals surface area contributed by atoms with Gasteiger partial charge in [0, 0.05) is 12.0 Å². The first kappa shape index (κ1) is 15.7. The van der Waals surface area contributed by atoms with Crippen molar-refractivity contribution in [2.75, 3.05) is 0 Å². The van der Waals surface area contributed by atoms with Gasteiger partial charge < -0.3 is 5.11 Å². The van der Waals surface area contributed by atoms with Crippen molar-refractivity contribution in [3.8, 4) is 0 Å². The number of carbonyl (C=O) groups is 2. The highest BCUT2D eigenvalue weighted by Crippen LogP contribution is 2.49. The molecular formula is C18H24O3. The van der Waals surface area contributed by atoms with Crippen LogP contribution in [0.25, 0.3) is 0 Å². The van der Waals surface area contributed by atoms with Gasteiger partial charge in [-0.05, 0) is 34.4 Å². The van der Waals surface area contributed by atoms with Gasteiger partial charge in [-0.2, -0.15) is 0 Å². The standard InChI is InChI=1S/C18H24O3/c1-11(16(20)21)8-15(19)12-6-7-13-14(9-12)18(4,5)10-17(13,2)3/h6-7,9,11H,8,10H2,1-5H3,(H,20,21). The molecule has 0 radical (unpaired) electrons. The Morgan fingerprint density at radius 3 is 2.29 bits per heavy atom. The van der Waals surface area contributed by atoms with Crippen LogP contribution in [0.1, 0.15) is 68.9 Å². The van der Waals surface area contributed by atoms with Crippen molar-refractivity contribution in [1.29, 1.82) is 0 Å². The fourth-order valence-electron chi connectivity index (χ4n) is 3.65. The van der Waals surface area contributed by atoms with Gasteiger partial charge in [0.05, 0.1) is 5.92 Å². The normalized spacial score (nSPS) is 19.9. The maximum absolute atomic E-state index is 12.3. The number of benzene rings is 1. The molecule has 0 fully saturated rings. The number of ketones is 1. The first-order chi connectivity index (χ1) is 9.54. The highest BCUT2D eigenvalue weighted by Gasteiger charge is 2.41. The van der Waals surface area contributed by atoms with Gasteiger partial charge in [0.25, 0.3) is 0 Å². The van der Waals surface area contributed by atoms with Crippen LogP contribution < -0.4 is 0 Å². The number of hydrogen-bond acceptors (Lipinski definition) is 2. The lowest BCUT2D eigenvalue weighted by atomic mass is 9.82. The number of rotatable bonds is 4. The molecule has 0 amide bonds. The van der Waals surface area contributed by atoms with Crippen molar-refractivity contribution < 1.29 is 14.7 Å². The molecule has 0 aliphatic heterocycles. The zero-order valence-corrected chi connectivity index (χ0v) is 13.5. The molecule has 1 N–H and O–H groups in total. The van der Waals surface area contributed by atoms with Crippen molar-refractivity contribution >= 4 is 11.8 Å². The Kier molecular flexibility index (Phi) is 3.73. The van der Waals surface area contributed by atoms with E-state index >= 15 is 0 Å². The van der Waals surface area contributed by atoms with Gasteiger partial charge in [-0.15, -0.1) is 0 Å². The number of Topliss-reactive ketones (excluding diaryl/α,β-unsaturated/α-hetero) is 1. The molecule has 0 heterocycles. The molecule has 2 rings (SSSR count). The summed E-state index contributed by atoms with van der Waals surface area (Å²) in [6.45, 7) is 10.4. The third kappa shape index (κ3) is 2.87. The molecule has 3 heteroatoms. The minimum atomic E-state index is -0.925. The van der Waals surface area contributed by atoms with Crippen LogP contribution in [-0.4, -0.2) is 16.9 Å². The highest BCUT2D eigenvalue weighted by molar-refractivity contribution is 5.98. The summed E-state index contributed by atoms with van der Waals surface area (Å²) < 4.78 is 0. The molecule has 1 unspecified atom stereocenters. The molecule has 0 saturated carbocycles. The van der Waals surface area contributed by atoms with Crippen LogP contribution in [0.2, 0.25) is 0 Å². The molecule has 1 atom stereocenters. The summed E-state index contributed by atoms with van der Waals surface area (Å²) in [4.78, 5) is 23.2. The Balaban J connectivity index is 2.34. The summed E-state index contributed by atoms with van der Waals surface area (Å²) >= 11 is 0. The molecule has 3 nitrogen and oxygen atoms in total. The van der Waals surface area contributed by atoms with Gasteiger partial charge in [-0.3, -0.25) is 9.59 Å². The molecule has 1 aromatic carbocycles. The molecule has 0 bridgehead atoms. The van der Waals surface area contributed by atoms with E-state index in [2.05, 4.69) is 27.7 Å². The molecule has 1 aliphatic rings. The lowest BCUT2D eigenvalue weighted by Crippen LogP contribution is -2.18. The van der Waals surface area contributed by atoms with Crippen LogP contribution in [0.3, 0.4) is 0 Å². The van der Waals surface area contributed by atoms with E-state index in [4.69, 9.17) is 5.11 Å². The summed E-state index contributed by atoms with van der Waals surface area (Å²) in [7, 11) is 0. The average molecular weight is 288 g/mol. The van der Waals surface area contributed by atoms with E-state index in [0.717, 1.165) is 6.42 Å². The van der Waals surface area contributed by atoms with Gasteiger partial charge in [-0.25, -0.2) is 0 Å². The van der Waals surface area contributed by atoms with Gasteiger partial charge in [0.2, 0.25) is 0 Å². The van der Waals surface area contributed by atoms with Crippen LogP contribution in [-0.2, 0) is 15.6 Å². The van der Waals surface area contributed by atoms with Gasteiger partial charge in [-0.1, -0.05) is 46.8 Å². The van der Waals surface area contributed by atoms with Crippen LogP contribution in [0.4, 0.5) is 0 Å². The number of fused-ring (bicyclic) bond motifs is 1. The molecule has 114 valence electrons. The smallest absolute Gasteiger partial charge is 0.306 e. The van der Waals surface area contributed by atoms with E-state index in [1.54, 1.807) is 6.92 Å². The van der Waals surface area contributed by atoms with E-state index in [-0.39, 0.29) is 23.0 Å². The number of carbonyl (C=O) groups excluding carboxylic acids is 1. The predicted molar refractivity (Wildman–Crippen MR) is 82.9 cm³/mol. The minimum Gasteiger partial charge on any atom is -0.481 e. The number of hydrogen-bond donors (Lipinski definition) is 1. The topological polar surface area (TPSA) is 54.4 Å². The summed E-state index contributed by atoms with van der Waals surface area (Å²) in [6.07, 6.45) is 1.11. The minimum absolute atomic E-state index is 0.0491. The SMILES string of the molecule is CC(CC(=O)c1ccc2c(c1)C(C)(C)CC2(C)C)C(=O)O. The summed E-state index contributed by atoms with van der Waals surface area (Å²) in [5, 5.41) is 8.93. The molecule has 1 aliphatic carbocycles. The van der Waals surface area contributed by atoms with Crippen molar-refractivity contribution in [2.24, 2.45) is 5.92 Å². The van der Waals surface area contributed by atoms with E-state index in [0.29, 0.717) is 5.56 Å². The third-order valence-corrected chi connectivity index (χ3v) is 4.60. The highest BCUT2D eigenvalue weighted by atomic mass is 16.4. The maximum atomic E-state index is 12.3. The van der Waals surface area contributed by atoms with E-state index < -0.39 is 11.9 Å². The second-order valence-corrected chi connectivity index (χ2v) is 7.57. The van der Waals surface area contributed by atoms with E-state index in [1.165, 1.54) is 11.1 Å². The second-order valence-electron chi connectivity index (χ2n) is 7.57. The summed E-state index contributed by atoms with van der Waals surface area (Å²) in [5.74, 6) is -1.66. The Bertz CT molecular complexity index is 596. The predicted octanol–water partition coefficient (Wildman–Crippen LogP) is 3.94. The quantitative estimate of drug-likeness (QED) is 0.854. The number of aliphatic carboxylic acids is 1. The lowest BCUT2D eigenvalue weighted by Gasteiger charge is -2.22. The van der Waals surface area contributed by atoms with E-state index in [1.807, 2.05) is 18.2 Å². The second kappa shape index (κ2) is 4.97. The fraction of sp³-hybridized carbons (Fsp3) is 0.556. The molecular weight excluding hydrogens is 264 g/mol. The molecule has 21 heavy (non-hydrogen) atoms. The van der Waals surface area contributed by atoms with Gasteiger partial charge in [0.15, 0.2) is 5.78 Å². The van der Waals surface area contributed by atoms with Crippen molar-refractivity contribution in [2.45, 2.75) is 58.3 Å². The van der Waals surface area contributed by atoms with Gasteiger partial charge >= 0.3 is 5.97 Å². The Morgan fingerprint density at radius 1 is 1.14 bits per heavy atom. The van der Waals surface area contributed by atoms with Gasteiger partial charge in [0.1, 0.15) is 0 Å². The molecule has 0 aromatic heterocycles. The maximum Gasteiger partial charge on any atom is 0.306 e. The zero-order valence-electron chi connectivity index (χ0n) is 13.5. The van der Waals surface area contributed by atoms with Crippen LogP contribution in [0, 0.1) is 5.92 Å². The monoisotopic (exact) mass is 288 g/mol. The Hall–Kier alpha value is -1.64. The largest absolute Gasteiger partial charge is 0.481 e. The van der Waals surface area contributed by atoms with Crippen molar-refractivity contribution in [3.05, 3.63) is 34.9 Å². The first-order valence-electron chi connectivity index (χ1n) is 7.45. The van der Waals surface area contributed by atoms with Crippen LogP contribution in [0.5, 0.6) is 0 Å². The number of carboxylic acids is 1. The van der Waals surface area contributed by atoms with Crippen LogP contribution >= 0.6 is 0 Å². The Labute approximate surface area is 126 Å². The van der Waals surface area contributed by atoms with E-state index in [9.17, 15) is 9.59 Å². The summed E-state index contributed by atoms with van der Waals surface area (Å²) in [6, 6.07) is 5.86. The third-order valence-electron chi connectivity index (χ3n) is 4.60. The van der Waals surface area contributed by atoms with Crippen molar-refractivity contribution in [3.63, 3.8) is 0 Å². The molecule has 1 aromatic rings. The zero-order chi connectivity index (χ0) is 16.0. The first-order valence-corrected chi connectivity index (χ1v) is 7.45. The lowest BCUT2D eigenvalue weighted by molar-refractivity contribution is -0.141. The molecule has 0 spiro atoms. The van der Waals surface area contributed by atoms with Crippen molar-refractivity contribution in [1.82, 2.24) is 0 Å². The average Bonchev–Trinajstić information content (AvgIpc) is 2.54. The Morgan fingerprint density at radius 2 is 1.71 bits per heavy atom. The summed E-state index contributed by atoms with van der Waals surface area (Å²) in [5.41, 5.74) is 3.33. The number of carboxylic acid groups (broad SMARTS) is 1. The molecule has 0 saturated heterocycles.